The molecule has 1 fully saturated rings. The molecule has 1 atom stereocenters. The number of aliphatic hydroxyl groups is 1. The number of anilines is 2. The summed E-state index contributed by atoms with van der Waals surface area (Å²) in [7, 11) is 0. The Morgan fingerprint density at radius 1 is 1.15 bits per heavy atom. The Balaban J connectivity index is 1.40. The van der Waals surface area contributed by atoms with Crippen molar-refractivity contribution in [1.82, 2.24) is 29.6 Å². The molecule has 40 heavy (non-hydrogen) atoms. The fraction of sp³-hybridized carbons (Fsp3) is 0.231. The van der Waals surface area contributed by atoms with Crippen LogP contribution < -0.4 is 11.1 Å². The number of aliphatic hydroxyl groups excluding tert-OH is 1. The number of nitrogens with one attached hydrogen (secondary N) is 1. The molecule has 4 aromatic rings. The van der Waals surface area contributed by atoms with Crippen LogP contribution in [0.2, 0.25) is 0 Å². The maximum Gasteiger partial charge on any atom is 0.416 e. The third-order valence-electron chi connectivity index (χ3n) is 6.34. The molecule has 1 unspecified atom stereocenters. The quantitative estimate of drug-likeness (QED) is 0.328. The molecule has 0 saturated carbocycles. The standard InChI is InChI=1S/C26H21F3N8O3/c27-26(28,29)17-7-9-31-19(12-17)34-25(40)16-5-3-15(4-6-16)22-21-23(30)32-14-33-24(21)37(35-22)18-8-10-36(13-18)20(39)2-1-11-38/h3-7,9,12,14,18,38H,8,10-11,13H2,(H2,30,32,33)(H,31,34,40). The number of carbonyl (C=O) groups excluding carboxylic acids is 2. The molecule has 204 valence electrons. The summed E-state index contributed by atoms with van der Waals surface area (Å²) in [5, 5.41) is 16.5. The number of nitrogens with zero attached hydrogens (tertiary/aromatic N) is 6. The van der Waals surface area contributed by atoms with Gasteiger partial charge in [0.1, 0.15) is 30.3 Å². The summed E-state index contributed by atoms with van der Waals surface area (Å²) in [6, 6.07) is 7.61. The first kappa shape index (κ1) is 26.6. The molecule has 1 aromatic carbocycles. The molecule has 4 N–H and O–H groups in total. The van der Waals surface area contributed by atoms with Crippen molar-refractivity contribution in [2.75, 3.05) is 30.7 Å². The number of hydrogen-bond donors (Lipinski definition) is 3. The van der Waals surface area contributed by atoms with Gasteiger partial charge in [-0.05, 0) is 36.6 Å². The number of aromatic nitrogens is 5. The summed E-state index contributed by atoms with van der Waals surface area (Å²) in [5.74, 6) is 3.67. The van der Waals surface area contributed by atoms with Crippen molar-refractivity contribution in [3.63, 3.8) is 0 Å². The Hall–Kier alpha value is -5.03. The van der Waals surface area contributed by atoms with E-state index in [-0.39, 0.29) is 23.2 Å². The van der Waals surface area contributed by atoms with Gasteiger partial charge in [0.05, 0.1) is 17.0 Å². The number of nitrogen functional groups attached to an aromatic ring is 1. The number of nitrogens with two attached hydrogens (primary N) is 1. The predicted octanol–water partition coefficient (Wildman–Crippen LogP) is 2.51. The highest BCUT2D eigenvalue weighted by Gasteiger charge is 2.32. The average Bonchev–Trinajstić information content (AvgIpc) is 3.58. The van der Waals surface area contributed by atoms with Gasteiger partial charge in [-0.15, -0.1) is 0 Å². The molecule has 1 aliphatic rings. The lowest BCUT2D eigenvalue weighted by molar-refractivity contribution is -0.137. The molecule has 4 heterocycles. The molecule has 0 spiro atoms. The number of alkyl halides is 3. The van der Waals surface area contributed by atoms with Gasteiger partial charge in [0, 0.05) is 30.4 Å². The zero-order chi connectivity index (χ0) is 28.4. The fourth-order valence-corrected chi connectivity index (χ4v) is 4.42. The number of halogens is 3. The van der Waals surface area contributed by atoms with E-state index < -0.39 is 30.2 Å². The first-order chi connectivity index (χ1) is 19.2. The molecule has 2 amide bonds. The third kappa shape index (κ3) is 5.27. The topological polar surface area (TPSA) is 152 Å². The van der Waals surface area contributed by atoms with Crippen LogP contribution in [-0.2, 0) is 11.0 Å². The molecule has 5 rings (SSSR count). The van der Waals surface area contributed by atoms with Gasteiger partial charge < -0.3 is 21.1 Å². The third-order valence-corrected chi connectivity index (χ3v) is 6.34. The van der Waals surface area contributed by atoms with Crippen LogP contribution >= 0.6 is 0 Å². The lowest BCUT2D eigenvalue weighted by Gasteiger charge is -2.14. The van der Waals surface area contributed by atoms with Gasteiger partial charge in [-0.2, -0.15) is 18.3 Å². The minimum atomic E-state index is -4.57. The average molecular weight is 551 g/mol. The van der Waals surface area contributed by atoms with Crippen LogP contribution in [0.1, 0.15) is 28.4 Å². The lowest BCUT2D eigenvalue weighted by atomic mass is 10.1. The molecule has 14 heteroatoms. The van der Waals surface area contributed by atoms with E-state index in [0.717, 1.165) is 18.3 Å². The zero-order valence-electron chi connectivity index (χ0n) is 20.7. The summed E-state index contributed by atoms with van der Waals surface area (Å²) < 4.78 is 40.6. The molecule has 3 aromatic heterocycles. The second-order valence-corrected chi connectivity index (χ2v) is 8.86. The minimum absolute atomic E-state index is 0.185. The van der Waals surface area contributed by atoms with E-state index in [1.807, 2.05) is 0 Å². The van der Waals surface area contributed by atoms with E-state index in [4.69, 9.17) is 15.9 Å². The van der Waals surface area contributed by atoms with Crippen LogP contribution in [0.3, 0.4) is 0 Å². The van der Waals surface area contributed by atoms with Crippen molar-refractivity contribution in [2.24, 2.45) is 0 Å². The molecular weight excluding hydrogens is 529 g/mol. The molecule has 0 radical (unpaired) electrons. The first-order valence-electron chi connectivity index (χ1n) is 12.0. The van der Waals surface area contributed by atoms with Crippen molar-refractivity contribution in [3.05, 3.63) is 60.0 Å². The van der Waals surface area contributed by atoms with Crippen LogP contribution in [0.15, 0.2) is 48.9 Å². The van der Waals surface area contributed by atoms with Gasteiger partial charge in [0.2, 0.25) is 0 Å². The maximum atomic E-state index is 13.0. The largest absolute Gasteiger partial charge is 0.416 e. The van der Waals surface area contributed by atoms with Gasteiger partial charge in [0.15, 0.2) is 5.65 Å². The number of hydrogen-bond acceptors (Lipinski definition) is 8. The SMILES string of the molecule is Nc1ncnc2c1c(-c1ccc(C(=O)Nc3cc(C(F)(F)F)ccn3)cc1)nn2C1CCN(C(=O)C#CCO)C1. The second-order valence-electron chi connectivity index (χ2n) is 8.86. The molecule has 11 nitrogen and oxygen atoms in total. The van der Waals surface area contributed by atoms with Gasteiger partial charge >= 0.3 is 6.18 Å². The van der Waals surface area contributed by atoms with Crippen LogP contribution in [0, 0.1) is 11.8 Å². The Kier molecular flexibility index (Phi) is 7.05. The van der Waals surface area contributed by atoms with Crippen molar-refractivity contribution in [2.45, 2.75) is 18.6 Å². The summed E-state index contributed by atoms with van der Waals surface area (Å²) >= 11 is 0. The van der Waals surface area contributed by atoms with Crippen molar-refractivity contribution in [3.8, 4) is 23.1 Å². The van der Waals surface area contributed by atoms with Gasteiger partial charge in [-0.25, -0.2) is 19.6 Å². The number of pyridine rings is 1. The Morgan fingerprint density at radius 3 is 2.65 bits per heavy atom. The number of fused-ring (bicyclic) bond motifs is 1. The fourth-order valence-electron chi connectivity index (χ4n) is 4.42. The summed E-state index contributed by atoms with van der Waals surface area (Å²) in [6.07, 6.45) is -1.69. The van der Waals surface area contributed by atoms with Crippen LogP contribution in [0.4, 0.5) is 24.8 Å². The highest BCUT2D eigenvalue weighted by atomic mass is 19.4. The van der Waals surface area contributed by atoms with E-state index in [0.29, 0.717) is 41.8 Å². The summed E-state index contributed by atoms with van der Waals surface area (Å²) in [6.45, 7) is 0.377. The van der Waals surface area contributed by atoms with Crippen molar-refractivity contribution in [1.29, 1.82) is 0 Å². The Morgan fingerprint density at radius 2 is 1.93 bits per heavy atom. The number of amides is 2. The van der Waals surface area contributed by atoms with E-state index in [1.54, 1.807) is 21.7 Å². The van der Waals surface area contributed by atoms with E-state index in [2.05, 4.69) is 32.1 Å². The highest BCUT2D eigenvalue weighted by molar-refractivity contribution is 6.04. The summed E-state index contributed by atoms with van der Waals surface area (Å²) in [4.78, 5) is 38.7. The minimum Gasteiger partial charge on any atom is -0.384 e. The molecular formula is C26H21F3N8O3. The van der Waals surface area contributed by atoms with Crippen molar-refractivity contribution < 1.29 is 27.9 Å². The Labute approximate surface area is 224 Å². The van der Waals surface area contributed by atoms with Gasteiger partial charge in [0.25, 0.3) is 11.8 Å². The van der Waals surface area contributed by atoms with E-state index in [1.165, 1.54) is 18.5 Å². The molecule has 1 aliphatic heterocycles. The molecule has 0 aliphatic carbocycles. The number of likely N-dealkylation sites (tertiary alicyclic amines) is 1. The maximum absolute atomic E-state index is 13.0. The van der Waals surface area contributed by atoms with Crippen molar-refractivity contribution >= 4 is 34.5 Å². The molecule has 0 bridgehead atoms. The monoisotopic (exact) mass is 550 g/mol. The zero-order valence-corrected chi connectivity index (χ0v) is 20.7. The number of benzene rings is 1. The normalized spacial score (nSPS) is 15.1. The van der Waals surface area contributed by atoms with Crippen LogP contribution in [-0.4, -0.2) is 66.2 Å². The van der Waals surface area contributed by atoms with Gasteiger partial charge in [-0.3, -0.25) is 9.59 Å². The van der Waals surface area contributed by atoms with E-state index >= 15 is 0 Å². The smallest absolute Gasteiger partial charge is 0.384 e. The second kappa shape index (κ2) is 10.6. The number of carbonyl (C=O) groups is 2. The van der Waals surface area contributed by atoms with Crippen LogP contribution in [0.25, 0.3) is 22.3 Å². The van der Waals surface area contributed by atoms with Gasteiger partial charge in [-0.1, -0.05) is 18.1 Å². The number of rotatable bonds is 4. The highest BCUT2D eigenvalue weighted by Crippen LogP contribution is 2.34. The van der Waals surface area contributed by atoms with E-state index in [9.17, 15) is 22.8 Å². The Bertz CT molecular complexity index is 1660. The predicted molar refractivity (Wildman–Crippen MR) is 137 cm³/mol. The molecule has 1 saturated heterocycles. The lowest BCUT2D eigenvalue weighted by Crippen LogP contribution is -2.28. The summed E-state index contributed by atoms with van der Waals surface area (Å²) in [5.41, 5.74) is 6.97. The first-order valence-corrected chi connectivity index (χ1v) is 12.0. The van der Waals surface area contributed by atoms with Crippen LogP contribution in [0.5, 0.6) is 0 Å².